The zero-order chi connectivity index (χ0) is 22.9. The van der Waals surface area contributed by atoms with Crippen molar-refractivity contribution in [1.29, 1.82) is 0 Å². The Balaban J connectivity index is 1.53. The van der Waals surface area contributed by atoms with Crippen LogP contribution in [-0.4, -0.2) is 94.9 Å². The number of aliphatic hydroxyl groups excluding tert-OH is 3. The molecule has 0 amide bonds. The molecule has 3 aliphatic rings. The second-order valence-corrected chi connectivity index (χ2v) is 8.88. The molecule has 0 saturated carbocycles. The topological polar surface area (TPSA) is 133 Å². The third-order valence-corrected chi connectivity index (χ3v) is 6.07. The van der Waals surface area contributed by atoms with Gasteiger partial charge in [0.05, 0.1) is 42.7 Å². The van der Waals surface area contributed by atoms with E-state index in [1.807, 2.05) is 13.8 Å². The lowest BCUT2D eigenvalue weighted by Crippen LogP contribution is -2.56. The molecule has 180 valence electrons. The van der Waals surface area contributed by atoms with E-state index in [9.17, 15) is 20.1 Å². The molecule has 0 bridgehead atoms. The van der Waals surface area contributed by atoms with Gasteiger partial charge >= 0.3 is 5.97 Å². The van der Waals surface area contributed by atoms with Crippen LogP contribution in [0.1, 0.15) is 53.9 Å². The van der Waals surface area contributed by atoms with Crippen LogP contribution >= 0.6 is 0 Å². The molecule has 3 N–H and O–H groups in total. The van der Waals surface area contributed by atoms with Gasteiger partial charge in [0.2, 0.25) is 0 Å². The summed E-state index contributed by atoms with van der Waals surface area (Å²) in [6.45, 7) is 8.46. The molecule has 12 atom stereocenters. The molecule has 3 saturated heterocycles. The number of esters is 1. The Kier molecular flexibility index (Phi) is 8.31. The van der Waals surface area contributed by atoms with Crippen molar-refractivity contribution in [2.45, 2.75) is 128 Å². The number of rotatable bonds is 5. The second kappa shape index (κ2) is 10.4. The summed E-state index contributed by atoms with van der Waals surface area (Å²) >= 11 is 0. The molecule has 3 rings (SSSR count). The monoisotopic (exact) mass is 448 g/mol. The van der Waals surface area contributed by atoms with Crippen molar-refractivity contribution in [3.63, 3.8) is 0 Å². The van der Waals surface area contributed by atoms with E-state index in [2.05, 4.69) is 0 Å². The Morgan fingerprint density at radius 2 is 1.13 bits per heavy atom. The molecule has 0 spiro atoms. The Morgan fingerprint density at radius 3 is 1.55 bits per heavy atom. The molecule has 3 fully saturated rings. The summed E-state index contributed by atoms with van der Waals surface area (Å²) in [6.07, 6.45) is -6.73. The molecule has 10 nitrogen and oxygen atoms in total. The maximum absolute atomic E-state index is 11.2. The lowest BCUT2D eigenvalue weighted by molar-refractivity contribution is -0.326. The minimum Gasteiger partial charge on any atom is -0.457 e. The predicted molar refractivity (Wildman–Crippen MR) is 106 cm³/mol. The highest BCUT2D eigenvalue weighted by Crippen LogP contribution is 2.31. The average molecular weight is 449 g/mol. The Morgan fingerprint density at radius 1 is 0.710 bits per heavy atom. The van der Waals surface area contributed by atoms with Crippen molar-refractivity contribution in [2.24, 2.45) is 0 Å². The maximum Gasteiger partial charge on any atom is 0.303 e. The van der Waals surface area contributed by atoms with Crippen LogP contribution in [0, 0.1) is 0 Å². The predicted octanol–water partition coefficient (Wildman–Crippen LogP) is 0.238. The fraction of sp³-hybridized carbons (Fsp3) is 0.952. The largest absolute Gasteiger partial charge is 0.457 e. The molecule has 10 heteroatoms. The highest BCUT2D eigenvalue weighted by molar-refractivity contribution is 5.66. The summed E-state index contributed by atoms with van der Waals surface area (Å²) in [4.78, 5) is 11.2. The molecule has 12 unspecified atom stereocenters. The van der Waals surface area contributed by atoms with Gasteiger partial charge in [0.1, 0.15) is 12.2 Å². The summed E-state index contributed by atoms with van der Waals surface area (Å²) in [5.41, 5.74) is 0. The smallest absolute Gasteiger partial charge is 0.303 e. The first kappa shape index (κ1) is 24.8. The number of hydrogen-bond acceptors (Lipinski definition) is 10. The summed E-state index contributed by atoms with van der Waals surface area (Å²) in [5.74, 6) is -0.494. The van der Waals surface area contributed by atoms with Crippen LogP contribution in [0.25, 0.3) is 0 Å². The molecular formula is C21H36O10. The van der Waals surface area contributed by atoms with Gasteiger partial charge in [-0.3, -0.25) is 4.79 Å². The van der Waals surface area contributed by atoms with Gasteiger partial charge in [0, 0.05) is 26.2 Å². The number of ether oxygens (including phenoxy) is 6. The zero-order valence-electron chi connectivity index (χ0n) is 18.7. The molecule has 0 aromatic carbocycles. The van der Waals surface area contributed by atoms with Crippen molar-refractivity contribution in [3.8, 4) is 0 Å². The van der Waals surface area contributed by atoms with Crippen LogP contribution in [0.3, 0.4) is 0 Å². The van der Waals surface area contributed by atoms with Crippen LogP contribution in [0.2, 0.25) is 0 Å². The van der Waals surface area contributed by atoms with Crippen molar-refractivity contribution in [3.05, 3.63) is 0 Å². The van der Waals surface area contributed by atoms with E-state index in [1.165, 1.54) is 6.92 Å². The van der Waals surface area contributed by atoms with Gasteiger partial charge in [-0.25, -0.2) is 0 Å². The normalized spacial score (nSPS) is 48.9. The average Bonchev–Trinajstić information content (AvgIpc) is 2.64. The molecule has 0 radical (unpaired) electrons. The Labute approximate surface area is 182 Å². The molecule has 0 aliphatic carbocycles. The van der Waals surface area contributed by atoms with Crippen molar-refractivity contribution in [2.75, 3.05) is 0 Å². The molecular weight excluding hydrogens is 412 g/mol. The molecule has 3 heterocycles. The summed E-state index contributed by atoms with van der Waals surface area (Å²) in [7, 11) is 0. The third-order valence-electron chi connectivity index (χ3n) is 6.07. The van der Waals surface area contributed by atoms with E-state index in [-0.39, 0.29) is 25.0 Å². The summed E-state index contributed by atoms with van der Waals surface area (Å²) in [5, 5.41) is 31.4. The first-order chi connectivity index (χ1) is 14.5. The molecule has 0 aromatic rings. The van der Waals surface area contributed by atoms with E-state index in [0.29, 0.717) is 6.42 Å². The quantitative estimate of drug-likeness (QED) is 0.502. The molecule has 31 heavy (non-hydrogen) atoms. The number of carbonyl (C=O) groups is 1. The first-order valence-electron chi connectivity index (χ1n) is 11.0. The van der Waals surface area contributed by atoms with E-state index >= 15 is 0 Å². The van der Waals surface area contributed by atoms with Crippen molar-refractivity contribution in [1.82, 2.24) is 0 Å². The Bertz CT molecular complexity index is 567. The van der Waals surface area contributed by atoms with Gasteiger partial charge in [-0.1, -0.05) is 0 Å². The van der Waals surface area contributed by atoms with Gasteiger partial charge in [-0.15, -0.1) is 0 Å². The molecule has 3 aliphatic heterocycles. The standard InChI is InChI=1S/C21H36O10/c1-9-6-14(23)20(10(2)26-9)30-18-8-16(25)21(12(4)28-18)31-17-7-15(24)19(11(3)27-17)29-13(5)22/h9-12,14-21,23-25H,6-8H2,1-5H3. The number of aliphatic hydroxyl groups is 3. The van der Waals surface area contributed by atoms with Crippen LogP contribution < -0.4 is 0 Å². The van der Waals surface area contributed by atoms with E-state index < -0.39 is 67.4 Å². The van der Waals surface area contributed by atoms with Crippen molar-refractivity contribution < 1.29 is 48.5 Å². The summed E-state index contributed by atoms with van der Waals surface area (Å²) in [6, 6.07) is 0. The van der Waals surface area contributed by atoms with Gasteiger partial charge in [0.25, 0.3) is 0 Å². The van der Waals surface area contributed by atoms with Gasteiger partial charge in [-0.05, 0) is 27.7 Å². The number of hydrogen-bond donors (Lipinski definition) is 3. The first-order valence-corrected chi connectivity index (χ1v) is 11.0. The lowest BCUT2D eigenvalue weighted by Gasteiger charge is -2.44. The highest BCUT2D eigenvalue weighted by Gasteiger charge is 2.45. The van der Waals surface area contributed by atoms with Crippen LogP contribution in [0.5, 0.6) is 0 Å². The zero-order valence-corrected chi connectivity index (χ0v) is 18.7. The maximum atomic E-state index is 11.2. The molecule has 0 aromatic heterocycles. The minimum atomic E-state index is -0.942. The SMILES string of the molecule is CC(=O)OC1C(O)CC(OC2C(O)CC(OC3C(O)CC(C)OC3C)OC2C)OC1C. The van der Waals surface area contributed by atoms with E-state index in [1.54, 1.807) is 13.8 Å². The van der Waals surface area contributed by atoms with E-state index in [0.717, 1.165) is 0 Å². The third kappa shape index (κ3) is 6.14. The number of carbonyl (C=O) groups excluding carboxylic acids is 1. The van der Waals surface area contributed by atoms with Gasteiger partial charge < -0.3 is 43.7 Å². The lowest BCUT2D eigenvalue weighted by atomic mass is 9.98. The van der Waals surface area contributed by atoms with E-state index in [4.69, 9.17) is 28.4 Å². The minimum absolute atomic E-state index is 0.0481. The fourth-order valence-corrected chi connectivity index (χ4v) is 4.61. The van der Waals surface area contributed by atoms with Crippen LogP contribution in [0.15, 0.2) is 0 Å². The van der Waals surface area contributed by atoms with Gasteiger partial charge in [0.15, 0.2) is 18.7 Å². The highest BCUT2D eigenvalue weighted by atomic mass is 16.7. The van der Waals surface area contributed by atoms with Crippen molar-refractivity contribution >= 4 is 5.97 Å². The van der Waals surface area contributed by atoms with Crippen LogP contribution in [0.4, 0.5) is 0 Å². The fourth-order valence-electron chi connectivity index (χ4n) is 4.61. The summed E-state index contributed by atoms with van der Waals surface area (Å²) < 4.78 is 34.4. The van der Waals surface area contributed by atoms with Crippen LogP contribution in [-0.2, 0) is 33.2 Å². The van der Waals surface area contributed by atoms with Gasteiger partial charge in [-0.2, -0.15) is 0 Å². The second-order valence-electron chi connectivity index (χ2n) is 8.88. The Hall–Kier alpha value is -0.850.